The number of nitrogens with one attached hydrogen (secondary N) is 1. The van der Waals surface area contributed by atoms with Gasteiger partial charge in [0.2, 0.25) is 0 Å². The highest BCUT2D eigenvalue weighted by atomic mass is 32.2. The van der Waals surface area contributed by atoms with Crippen LogP contribution >= 0.6 is 23.1 Å². The Balaban J connectivity index is 1.69. The molecule has 0 radical (unpaired) electrons. The number of benzene rings is 2. The number of fused-ring (bicyclic) bond motifs is 1. The Hall–Kier alpha value is -3.69. The van der Waals surface area contributed by atoms with Crippen LogP contribution in [0.1, 0.15) is 51.2 Å². The lowest BCUT2D eigenvalue weighted by Gasteiger charge is -2.25. The van der Waals surface area contributed by atoms with Crippen molar-refractivity contribution in [1.82, 2.24) is 5.32 Å². The summed E-state index contributed by atoms with van der Waals surface area (Å²) in [7, 11) is 1.61. The quantitative estimate of drug-likeness (QED) is 0.110. The van der Waals surface area contributed by atoms with Crippen molar-refractivity contribution in [3.8, 4) is 5.75 Å². The number of thioether (sulfide) groups is 1. The zero-order valence-electron chi connectivity index (χ0n) is 22.2. The van der Waals surface area contributed by atoms with E-state index in [0.717, 1.165) is 44.4 Å². The van der Waals surface area contributed by atoms with E-state index in [4.69, 9.17) is 4.74 Å². The van der Waals surface area contributed by atoms with Crippen LogP contribution in [-0.4, -0.2) is 30.5 Å². The molecular weight excluding hydrogens is 550 g/mol. The van der Waals surface area contributed by atoms with E-state index in [2.05, 4.69) is 17.1 Å². The highest BCUT2D eigenvalue weighted by Crippen LogP contribution is 2.45. The number of oxime groups is 1. The Bertz CT molecular complexity index is 1460. The minimum absolute atomic E-state index is 0.0140. The molecule has 1 aliphatic carbocycles. The second-order valence-electron chi connectivity index (χ2n) is 9.35. The monoisotopic (exact) mass is 580 g/mol. The topological polar surface area (TPSA) is 70.9 Å². The fourth-order valence-corrected chi connectivity index (χ4v) is 7.20. The number of carbonyl (C=O) groups is 1. The van der Waals surface area contributed by atoms with Gasteiger partial charge in [0.25, 0.3) is 5.91 Å². The predicted octanol–water partition coefficient (Wildman–Crippen LogP) is 7.97. The van der Waals surface area contributed by atoms with E-state index >= 15 is 0 Å². The second-order valence-corrected chi connectivity index (χ2v) is 11.6. The number of thiophene rings is 1. The van der Waals surface area contributed by atoms with Crippen LogP contribution in [0, 0.1) is 0 Å². The fourth-order valence-electron chi connectivity index (χ4n) is 4.66. The lowest BCUT2D eigenvalue weighted by Crippen LogP contribution is -2.27. The van der Waals surface area contributed by atoms with Crippen LogP contribution in [-0.2, 0) is 12.2 Å². The molecule has 2 N–H and O–H groups in total. The van der Waals surface area contributed by atoms with Gasteiger partial charge in [0.15, 0.2) is 0 Å². The van der Waals surface area contributed by atoms with Crippen LogP contribution in [0.3, 0.4) is 0 Å². The molecular formula is C31H30F2N2O3S2. The molecule has 5 nitrogen and oxygen atoms in total. The summed E-state index contributed by atoms with van der Waals surface area (Å²) in [6, 6.07) is 17.7. The maximum atomic E-state index is 13.5. The van der Waals surface area contributed by atoms with Crippen molar-refractivity contribution in [2.24, 2.45) is 5.16 Å². The predicted molar refractivity (Wildman–Crippen MR) is 158 cm³/mol. The molecule has 4 rings (SSSR count). The molecule has 0 spiro atoms. The summed E-state index contributed by atoms with van der Waals surface area (Å²) in [5, 5.41) is 16.5. The fraction of sp³-hybridized carbons (Fsp3) is 0.226. The molecule has 0 aliphatic heterocycles. The average Bonchev–Trinajstić information content (AvgIpc) is 3.33. The summed E-state index contributed by atoms with van der Waals surface area (Å²) < 4.78 is 33.2. The number of methoxy groups -OCH3 is 1. The summed E-state index contributed by atoms with van der Waals surface area (Å²) in [4.78, 5) is 14.0. The van der Waals surface area contributed by atoms with Crippen LogP contribution in [0.5, 0.6) is 5.75 Å². The van der Waals surface area contributed by atoms with E-state index in [1.807, 2.05) is 54.6 Å². The molecule has 2 aromatic carbocycles. The number of amides is 1. The van der Waals surface area contributed by atoms with Gasteiger partial charge in [-0.2, -0.15) is 0 Å². The number of ether oxygens (including phenoxy) is 1. The van der Waals surface area contributed by atoms with Gasteiger partial charge in [-0.1, -0.05) is 54.2 Å². The summed E-state index contributed by atoms with van der Waals surface area (Å²) in [5.74, 6) is -0.201. The van der Waals surface area contributed by atoms with Crippen molar-refractivity contribution in [3.63, 3.8) is 0 Å². The molecule has 1 aromatic heterocycles. The van der Waals surface area contributed by atoms with Gasteiger partial charge in [-0.3, -0.25) is 4.79 Å². The standard InChI is InChI=1S/C31H30F2N2O3S2/c1-19(32)13-22(14-20(2)33)17-34-30(36)29-26-15-24(23-9-11-25(38-3)12-10-23)16-27(35-37)28(26)31(40-29)39-18-21-7-5-4-6-8-21/h4-14,24,37H,1,15-18H2,2-3H3,(H,34,36)/b20-14+,22-13+,35-27+. The van der Waals surface area contributed by atoms with Crippen molar-refractivity contribution in [2.75, 3.05) is 13.7 Å². The summed E-state index contributed by atoms with van der Waals surface area (Å²) in [6.45, 7) is 4.38. The summed E-state index contributed by atoms with van der Waals surface area (Å²) in [5.41, 5.74) is 4.53. The first-order chi connectivity index (χ1) is 19.3. The highest BCUT2D eigenvalue weighted by Gasteiger charge is 2.34. The van der Waals surface area contributed by atoms with Gasteiger partial charge in [-0.25, -0.2) is 8.78 Å². The van der Waals surface area contributed by atoms with Crippen LogP contribution < -0.4 is 10.1 Å². The van der Waals surface area contributed by atoms with Gasteiger partial charge in [0, 0.05) is 24.3 Å². The van der Waals surface area contributed by atoms with Crippen LogP contribution in [0.15, 0.2) is 99.9 Å². The third-order valence-corrected chi connectivity index (χ3v) is 9.03. The van der Waals surface area contributed by atoms with Gasteiger partial charge < -0.3 is 15.3 Å². The molecule has 208 valence electrons. The Kier molecular flexibility index (Phi) is 9.95. The first-order valence-electron chi connectivity index (χ1n) is 12.6. The molecule has 0 fully saturated rings. The lowest BCUT2D eigenvalue weighted by atomic mass is 9.80. The third-order valence-electron chi connectivity index (χ3n) is 6.46. The molecule has 1 atom stereocenters. The molecule has 0 saturated heterocycles. The van der Waals surface area contributed by atoms with E-state index in [-0.39, 0.29) is 23.9 Å². The number of nitrogens with zero attached hydrogens (tertiary/aromatic N) is 1. The van der Waals surface area contributed by atoms with E-state index < -0.39 is 11.7 Å². The second kappa shape index (κ2) is 13.6. The molecule has 0 saturated carbocycles. The molecule has 1 unspecified atom stereocenters. The Morgan fingerprint density at radius 3 is 2.52 bits per heavy atom. The van der Waals surface area contributed by atoms with Crippen LogP contribution in [0.4, 0.5) is 8.78 Å². The van der Waals surface area contributed by atoms with E-state index in [1.54, 1.807) is 18.9 Å². The number of halogens is 2. The Morgan fingerprint density at radius 1 is 1.18 bits per heavy atom. The summed E-state index contributed by atoms with van der Waals surface area (Å²) >= 11 is 2.93. The molecule has 1 aliphatic rings. The number of hydrogen-bond acceptors (Lipinski definition) is 6. The zero-order chi connectivity index (χ0) is 28.6. The van der Waals surface area contributed by atoms with Crippen molar-refractivity contribution in [2.45, 2.75) is 35.6 Å². The molecule has 9 heteroatoms. The largest absolute Gasteiger partial charge is 0.497 e. The molecule has 1 heterocycles. The van der Waals surface area contributed by atoms with E-state index in [1.165, 1.54) is 18.3 Å². The van der Waals surface area contributed by atoms with Gasteiger partial charge in [-0.05, 0) is 65.8 Å². The maximum Gasteiger partial charge on any atom is 0.261 e. The van der Waals surface area contributed by atoms with E-state index in [0.29, 0.717) is 29.2 Å². The lowest BCUT2D eigenvalue weighted by molar-refractivity contribution is 0.0960. The number of carbonyl (C=O) groups excluding carboxylic acids is 1. The van der Waals surface area contributed by atoms with Crippen molar-refractivity contribution < 1.29 is 23.5 Å². The third kappa shape index (κ3) is 7.28. The molecule has 0 bridgehead atoms. The Labute approximate surface area is 241 Å². The minimum atomic E-state index is -0.735. The van der Waals surface area contributed by atoms with Crippen molar-refractivity contribution in [1.29, 1.82) is 0 Å². The number of hydrogen-bond donors (Lipinski definition) is 2. The number of rotatable bonds is 10. The first-order valence-corrected chi connectivity index (χ1v) is 14.4. The first kappa shape index (κ1) is 29.3. The van der Waals surface area contributed by atoms with E-state index in [9.17, 15) is 18.8 Å². The van der Waals surface area contributed by atoms with Crippen LogP contribution in [0.25, 0.3) is 0 Å². The maximum absolute atomic E-state index is 13.5. The smallest absolute Gasteiger partial charge is 0.261 e. The number of allylic oxidation sites excluding steroid dienone is 3. The normalized spacial score (nSPS) is 16.5. The highest BCUT2D eigenvalue weighted by molar-refractivity contribution is 8.00. The molecule has 1 amide bonds. The van der Waals surface area contributed by atoms with Crippen molar-refractivity contribution >= 4 is 34.7 Å². The molecule has 3 aromatic rings. The van der Waals surface area contributed by atoms with Gasteiger partial charge in [-0.15, -0.1) is 23.1 Å². The Morgan fingerprint density at radius 2 is 1.90 bits per heavy atom. The van der Waals surface area contributed by atoms with Crippen LogP contribution in [0.2, 0.25) is 0 Å². The minimum Gasteiger partial charge on any atom is -0.497 e. The van der Waals surface area contributed by atoms with Gasteiger partial charge in [0.1, 0.15) is 11.6 Å². The SMILES string of the molecule is C=C(F)/C=C(\C=C(/C)F)CNC(=O)c1sc(SCc2ccccc2)c2c1CC(c1ccc(OC)cc1)C/C2=N\O. The zero-order valence-corrected chi connectivity index (χ0v) is 23.9. The summed E-state index contributed by atoms with van der Waals surface area (Å²) in [6.07, 6.45) is 3.33. The average molecular weight is 581 g/mol. The van der Waals surface area contributed by atoms with Gasteiger partial charge >= 0.3 is 0 Å². The van der Waals surface area contributed by atoms with Crippen molar-refractivity contribution in [3.05, 3.63) is 118 Å². The van der Waals surface area contributed by atoms with Gasteiger partial charge in [0.05, 0.1) is 27.7 Å². The molecule has 40 heavy (non-hydrogen) atoms.